The molecule has 0 spiro atoms. The molecule has 1 aliphatic rings. The monoisotopic (exact) mass is 304 g/mol. The molecule has 0 N–H and O–H groups in total. The van der Waals surface area contributed by atoms with E-state index in [1.165, 1.54) is 41.5 Å². The molecule has 0 saturated carbocycles. The van der Waals surface area contributed by atoms with Gasteiger partial charge in [0.05, 0.1) is 11.7 Å². The van der Waals surface area contributed by atoms with Gasteiger partial charge in [0.15, 0.2) is 0 Å². The fourth-order valence-electron chi connectivity index (χ4n) is 2.35. The van der Waals surface area contributed by atoms with Crippen LogP contribution in [0, 0.1) is 5.82 Å². The molecule has 20 heavy (non-hydrogen) atoms. The molecule has 0 aliphatic carbocycles. The van der Waals surface area contributed by atoms with Crippen molar-refractivity contribution >= 4 is 34.8 Å². The van der Waals surface area contributed by atoms with Gasteiger partial charge in [0.25, 0.3) is 0 Å². The zero-order chi connectivity index (χ0) is 13.5. The lowest BCUT2D eigenvalue weighted by Crippen LogP contribution is -2.10. The Morgan fingerprint density at radius 2 is 1.85 bits per heavy atom. The molecule has 1 aliphatic heterocycles. The zero-order valence-corrected chi connectivity index (χ0v) is 11.9. The lowest BCUT2D eigenvalue weighted by molar-refractivity contribution is 0.288. The zero-order valence-electron chi connectivity index (χ0n) is 10.2. The minimum Gasteiger partial charge on any atom is -0.302 e. The standard InChI is InChI=1S/C14H9FN2OS2/c15-10-3-1-8(2-4-10)14-11-6-13-12(16-20-17-13)5-9(11)7-19-18-14/h1-6,14H,7H2. The maximum atomic E-state index is 13.1. The molecule has 2 aromatic carbocycles. The van der Waals surface area contributed by atoms with Crippen molar-refractivity contribution in [1.82, 2.24) is 8.75 Å². The van der Waals surface area contributed by atoms with E-state index in [1.54, 1.807) is 12.1 Å². The number of hydrogen-bond donors (Lipinski definition) is 0. The quantitative estimate of drug-likeness (QED) is 0.634. The van der Waals surface area contributed by atoms with E-state index < -0.39 is 0 Å². The average molecular weight is 304 g/mol. The number of benzene rings is 2. The van der Waals surface area contributed by atoms with Crippen LogP contribution in [0.3, 0.4) is 0 Å². The molecule has 4 rings (SSSR count). The summed E-state index contributed by atoms with van der Waals surface area (Å²) < 4.78 is 27.4. The highest BCUT2D eigenvalue weighted by Crippen LogP contribution is 2.40. The van der Waals surface area contributed by atoms with Crippen LogP contribution < -0.4 is 0 Å². The molecular weight excluding hydrogens is 295 g/mol. The van der Waals surface area contributed by atoms with Crippen molar-refractivity contribution in [3.05, 3.63) is 58.9 Å². The normalized spacial score (nSPS) is 18.1. The third-order valence-corrected chi connectivity index (χ3v) is 4.66. The highest BCUT2D eigenvalue weighted by Gasteiger charge is 2.24. The molecule has 3 nitrogen and oxygen atoms in total. The van der Waals surface area contributed by atoms with Crippen LogP contribution in [0.1, 0.15) is 22.8 Å². The highest BCUT2D eigenvalue weighted by molar-refractivity contribution is 7.93. The van der Waals surface area contributed by atoms with Gasteiger partial charge in [0.2, 0.25) is 0 Å². The van der Waals surface area contributed by atoms with Gasteiger partial charge in [-0.15, -0.1) is 0 Å². The Bertz CT molecular complexity index is 772. The predicted octanol–water partition coefficient (Wildman–Crippen LogP) is 4.10. The van der Waals surface area contributed by atoms with Gasteiger partial charge in [-0.25, -0.2) is 4.39 Å². The molecule has 0 radical (unpaired) electrons. The summed E-state index contributed by atoms with van der Waals surface area (Å²) in [7, 11) is 0. The summed E-state index contributed by atoms with van der Waals surface area (Å²) in [4.78, 5) is 0. The SMILES string of the molecule is Fc1ccc(C2OSCc3cc4nsnc4cc32)cc1. The van der Waals surface area contributed by atoms with Crippen LogP contribution in [0.15, 0.2) is 36.4 Å². The summed E-state index contributed by atoms with van der Waals surface area (Å²) in [6.07, 6.45) is -0.185. The van der Waals surface area contributed by atoms with E-state index in [-0.39, 0.29) is 11.9 Å². The van der Waals surface area contributed by atoms with Crippen LogP contribution in [0.25, 0.3) is 11.0 Å². The Labute approximate surface area is 123 Å². The number of aromatic nitrogens is 2. The number of halogens is 1. The van der Waals surface area contributed by atoms with E-state index in [2.05, 4.69) is 14.8 Å². The van der Waals surface area contributed by atoms with Crippen molar-refractivity contribution in [2.75, 3.05) is 0 Å². The Kier molecular flexibility index (Phi) is 2.94. The van der Waals surface area contributed by atoms with Gasteiger partial charge < -0.3 is 4.18 Å². The van der Waals surface area contributed by atoms with Crippen LogP contribution in [0.4, 0.5) is 4.39 Å². The van der Waals surface area contributed by atoms with Gasteiger partial charge >= 0.3 is 0 Å². The van der Waals surface area contributed by atoms with Crippen molar-refractivity contribution in [2.45, 2.75) is 11.9 Å². The van der Waals surface area contributed by atoms with Crippen LogP contribution in [-0.4, -0.2) is 8.75 Å². The van der Waals surface area contributed by atoms with E-state index in [9.17, 15) is 4.39 Å². The van der Waals surface area contributed by atoms with Gasteiger partial charge in [0, 0.05) is 5.75 Å². The Morgan fingerprint density at radius 3 is 2.65 bits per heavy atom. The first-order valence-electron chi connectivity index (χ1n) is 6.10. The maximum Gasteiger partial charge on any atom is 0.123 e. The lowest BCUT2D eigenvalue weighted by atomic mass is 9.96. The summed E-state index contributed by atoms with van der Waals surface area (Å²) >= 11 is 2.63. The first-order valence-corrected chi connectivity index (χ1v) is 7.74. The fourth-order valence-corrected chi connectivity index (χ4v) is 3.66. The molecule has 6 heteroatoms. The third kappa shape index (κ3) is 2.00. The van der Waals surface area contributed by atoms with Gasteiger partial charge in [-0.05, 0) is 53.0 Å². The minimum absolute atomic E-state index is 0.185. The summed E-state index contributed by atoms with van der Waals surface area (Å²) in [6.45, 7) is 0. The minimum atomic E-state index is -0.239. The van der Waals surface area contributed by atoms with Gasteiger partial charge in [-0.3, -0.25) is 0 Å². The maximum absolute atomic E-state index is 13.1. The van der Waals surface area contributed by atoms with Crippen LogP contribution in [0.2, 0.25) is 0 Å². The average Bonchev–Trinajstić information content (AvgIpc) is 2.92. The molecule has 2 heterocycles. The third-order valence-electron chi connectivity index (χ3n) is 3.35. The van der Waals surface area contributed by atoms with Crippen molar-refractivity contribution in [2.24, 2.45) is 0 Å². The molecule has 0 fully saturated rings. The van der Waals surface area contributed by atoms with E-state index >= 15 is 0 Å². The second-order valence-corrected chi connectivity index (χ2v) is 5.84. The number of nitrogens with zero attached hydrogens (tertiary/aromatic N) is 2. The van der Waals surface area contributed by atoms with Crippen molar-refractivity contribution in [1.29, 1.82) is 0 Å². The second-order valence-electron chi connectivity index (χ2n) is 4.59. The summed E-state index contributed by atoms with van der Waals surface area (Å²) in [6, 6.07) is 10.5. The van der Waals surface area contributed by atoms with E-state index in [4.69, 9.17) is 4.18 Å². The number of fused-ring (bicyclic) bond motifs is 2. The van der Waals surface area contributed by atoms with E-state index in [1.807, 2.05) is 6.07 Å². The van der Waals surface area contributed by atoms with Crippen molar-refractivity contribution in [3.8, 4) is 0 Å². The predicted molar refractivity (Wildman–Crippen MR) is 78.0 cm³/mol. The molecule has 0 bridgehead atoms. The Balaban J connectivity index is 1.86. The first kappa shape index (κ1) is 12.3. The van der Waals surface area contributed by atoms with Crippen LogP contribution in [-0.2, 0) is 9.94 Å². The molecule has 0 amide bonds. The largest absolute Gasteiger partial charge is 0.302 e. The Hall–Kier alpha value is -1.50. The molecule has 1 atom stereocenters. The second kappa shape index (κ2) is 4.80. The summed E-state index contributed by atoms with van der Waals surface area (Å²) in [5.74, 6) is 0.553. The van der Waals surface area contributed by atoms with Crippen molar-refractivity contribution < 1.29 is 8.57 Å². The van der Waals surface area contributed by atoms with E-state index in [0.717, 1.165) is 27.9 Å². The lowest BCUT2D eigenvalue weighted by Gasteiger charge is -2.25. The Morgan fingerprint density at radius 1 is 1.10 bits per heavy atom. The first-order chi connectivity index (χ1) is 9.81. The molecular formula is C14H9FN2OS2. The summed E-state index contributed by atoms with van der Waals surface area (Å²) in [5.41, 5.74) is 5.05. The smallest absolute Gasteiger partial charge is 0.123 e. The van der Waals surface area contributed by atoms with Gasteiger partial charge in [-0.1, -0.05) is 12.1 Å². The van der Waals surface area contributed by atoms with Gasteiger partial charge in [0.1, 0.15) is 23.0 Å². The summed E-state index contributed by atoms with van der Waals surface area (Å²) in [5, 5.41) is 0. The van der Waals surface area contributed by atoms with Gasteiger partial charge in [-0.2, -0.15) is 8.75 Å². The topological polar surface area (TPSA) is 35.0 Å². The van der Waals surface area contributed by atoms with Crippen molar-refractivity contribution in [3.63, 3.8) is 0 Å². The molecule has 3 aromatic rings. The molecule has 100 valence electrons. The highest BCUT2D eigenvalue weighted by atomic mass is 32.2. The molecule has 0 saturated heterocycles. The number of hydrogen-bond acceptors (Lipinski definition) is 5. The molecule has 1 unspecified atom stereocenters. The molecule has 1 aromatic heterocycles. The fraction of sp³-hybridized carbons (Fsp3) is 0.143. The van der Waals surface area contributed by atoms with Crippen LogP contribution >= 0.6 is 23.8 Å². The number of rotatable bonds is 1. The van der Waals surface area contributed by atoms with Crippen LogP contribution in [0.5, 0.6) is 0 Å². The van der Waals surface area contributed by atoms with E-state index in [0.29, 0.717) is 0 Å².